The Labute approximate surface area is 68.7 Å². The first-order valence-corrected chi connectivity index (χ1v) is 4.19. The van der Waals surface area contributed by atoms with Crippen LogP contribution in [0.2, 0.25) is 0 Å². The summed E-state index contributed by atoms with van der Waals surface area (Å²) in [4.78, 5) is 15.3. The van der Waals surface area contributed by atoms with Crippen molar-refractivity contribution in [2.45, 2.75) is 19.8 Å². The average molecular weight is 171 g/mol. The van der Waals surface area contributed by atoms with Gasteiger partial charge in [0.2, 0.25) is 0 Å². The first kappa shape index (κ1) is 8.20. The van der Waals surface area contributed by atoms with Crippen LogP contribution in [0.4, 0.5) is 0 Å². The lowest BCUT2D eigenvalue weighted by atomic mass is 10.2. The second-order valence-corrected chi connectivity index (χ2v) is 3.31. The van der Waals surface area contributed by atoms with Crippen molar-refractivity contribution in [2.75, 3.05) is 0 Å². The van der Waals surface area contributed by atoms with Gasteiger partial charge >= 0.3 is 5.97 Å². The van der Waals surface area contributed by atoms with Gasteiger partial charge in [0.1, 0.15) is 0 Å². The zero-order chi connectivity index (χ0) is 8.27. The largest absolute Gasteiger partial charge is 0.481 e. The van der Waals surface area contributed by atoms with Gasteiger partial charge in [-0.05, 0) is 6.92 Å². The summed E-state index contributed by atoms with van der Waals surface area (Å²) in [5.74, 6) is -0.766. The summed E-state index contributed by atoms with van der Waals surface area (Å²) in [5, 5.41) is 8.38. The number of hydrogen-bond acceptors (Lipinski definition) is 3. The number of aliphatic carboxylic acids is 1. The van der Waals surface area contributed by atoms with E-state index in [2.05, 4.69) is 4.98 Å². The number of carboxylic acids is 1. The predicted octanol–water partition coefficient (Wildman–Crippen LogP) is 1.47. The first-order valence-electron chi connectivity index (χ1n) is 3.31. The summed E-state index contributed by atoms with van der Waals surface area (Å²) in [6, 6.07) is 0. The Hall–Kier alpha value is -0.900. The molecule has 1 aromatic heterocycles. The van der Waals surface area contributed by atoms with Crippen LogP contribution in [0.5, 0.6) is 0 Å². The fourth-order valence-corrected chi connectivity index (χ4v) is 1.42. The Morgan fingerprint density at radius 3 is 3.00 bits per heavy atom. The minimum Gasteiger partial charge on any atom is -0.481 e. The number of aromatic nitrogens is 1. The second kappa shape index (κ2) is 3.48. The van der Waals surface area contributed by atoms with Gasteiger partial charge in [-0.2, -0.15) is 0 Å². The summed E-state index contributed by atoms with van der Waals surface area (Å²) in [6.07, 6.45) is 0.717. The molecule has 0 saturated carbocycles. The van der Waals surface area contributed by atoms with Gasteiger partial charge in [0.15, 0.2) is 0 Å². The van der Waals surface area contributed by atoms with Crippen LogP contribution in [0.3, 0.4) is 0 Å². The molecule has 0 fully saturated rings. The molecule has 60 valence electrons. The normalized spacial score (nSPS) is 9.91. The van der Waals surface area contributed by atoms with Crippen LogP contribution in [0.1, 0.15) is 17.0 Å². The minimum atomic E-state index is -0.766. The Bertz CT molecular complexity index is 257. The molecule has 1 heterocycles. The second-order valence-electron chi connectivity index (χ2n) is 2.25. The lowest BCUT2D eigenvalue weighted by Gasteiger charge is -1.92. The zero-order valence-electron chi connectivity index (χ0n) is 6.20. The molecule has 3 nitrogen and oxygen atoms in total. The maximum Gasteiger partial charge on any atom is 0.303 e. The Morgan fingerprint density at radius 1 is 1.82 bits per heavy atom. The third kappa shape index (κ3) is 2.31. The third-order valence-corrected chi connectivity index (χ3v) is 2.22. The number of rotatable bonds is 3. The number of nitrogens with zero attached hydrogens (tertiary/aromatic N) is 1. The highest BCUT2D eigenvalue weighted by molar-refractivity contribution is 7.09. The Morgan fingerprint density at radius 2 is 2.55 bits per heavy atom. The molecule has 0 aliphatic heterocycles. The molecule has 0 aromatic carbocycles. The summed E-state index contributed by atoms with van der Waals surface area (Å²) < 4.78 is 0. The molecule has 0 aliphatic carbocycles. The lowest BCUT2D eigenvalue weighted by molar-refractivity contribution is -0.136. The van der Waals surface area contributed by atoms with Crippen molar-refractivity contribution in [1.82, 2.24) is 4.98 Å². The number of thiazole rings is 1. The lowest BCUT2D eigenvalue weighted by Crippen LogP contribution is -1.98. The number of hydrogen-bond donors (Lipinski definition) is 1. The third-order valence-electron chi connectivity index (χ3n) is 1.42. The summed E-state index contributed by atoms with van der Waals surface area (Å²) in [7, 11) is 0. The van der Waals surface area contributed by atoms with Crippen molar-refractivity contribution in [3.05, 3.63) is 16.1 Å². The van der Waals surface area contributed by atoms with Gasteiger partial charge in [-0.1, -0.05) is 0 Å². The van der Waals surface area contributed by atoms with Crippen molar-refractivity contribution in [2.24, 2.45) is 0 Å². The highest BCUT2D eigenvalue weighted by Crippen LogP contribution is 2.12. The molecular formula is C7H9NO2S. The van der Waals surface area contributed by atoms with Crippen LogP contribution >= 0.6 is 11.3 Å². The Balaban J connectivity index is 2.51. The van der Waals surface area contributed by atoms with E-state index in [1.807, 2.05) is 6.92 Å². The molecule has 0 atom stereocenters. The molecule has 1 rings (SSSR count). The van der Waals surface area contributed by atoms with E-state index in [0.717, 1.165) is 10.6 Å². The van der Waals surface area contributed by atoms with Crippen LogP contribution in [-0.4, -0.2) is 16.1 Å². The SMILES string of the molecule is Cc1scnc1CCC(=O)O. The smallest absolute Gasteiger partial charge is 0.303 e. The maximum atomic E-state index is 10.2. The van der Waals surface area contributed by atoms with Crippen molar-refractivity contribution in [1.29, 1.82) is 0 Å². The van der Waals surface area contributed by atoms with Crippen LogP contribution in [0.25, 0.3) is 0 Å². The van der Waals surface area contributed by atoms with E-state index in [4.69, 9.17) is 5.11 Å². The molecular weight excluding hydrogens is 162 g/mol. The van der Waals surface area contributed by atoms with Gasteiger partial charge in [-0.3, -0.25) is 4.79 Å². The molecule has 0 saturated heterocycles. The molecule has 0 bridgehead atoms. The van der Waals surface area contributed by atoms with Crippen LogP contribution < -0.4 is 0 Å². The maximum absolute atomic E-state index is 10.2. The molecule has 4 heteroatoms. The van der Waals surface area contributed by atoms with E-state index in [9.17, 15) is 4.79 Å². The number of carboxylic acid groups (broad SMARTS) is 1. The van der Waals surface area contributed by atoms with Gasteiger partial charge in [0.05, 0.1) is 17.6 Å². The fourth-order valence-electron chi connectivity index (χ4n) is 0.794. The van der Waals surface area contributed by atoms with E-state index in [0.29, 0.717) is 6.42 Å². The zero-order valence-corrected chi connectivity index (χ0v) is 7.02. The number of carbonyl (C=O) groups is 1. The topological polar surface area (TPSA) is 50.2 Å². The van der Waals surface area contributed by atoms with E-state index in [-0.39, 0.29) is 6.42 Å². The van der Waals surface area contributed by atoms with E-state index >= 15 is 0 Å². The standard InChI is InChI=1S/C7H9NO2S/c1-5-6(8-4-11-5)2-3-7(9)10/h4H,2-3H2,1H3,(H,9,10). The summed E-state index contributed by atoms with van der Waals surface area (Å²) >= 11 is 1.55. The number of aryl methyl sites for hydroxylation is 2. The van der Waals surface area contributed by atoms with E-state index in [1.165, 1.54) is 0 Å². The van der Waals surface area contributed by atoms with Gasteiger partial charge < -0.3 is 5.11 Å². The van der Waals surface area contributed by atoms with Crippen molar-refractivity contribution in [3.63, 3.8) is 0 Å². The summed E-state index contributed by atoms with van der Waals surface area (Å²) in [5.41, 5.74) is 2.66. The monoisotopic (exact) mass is 171 g/mol. The van der Waals surface area contributed by atoms with Crippen molar-refractivity contribution < 1.29 is 9.90 Å². The Kier molecular flexibility index (Phi) is 2.59. The average Bonchev–Trinajstić information content (AvgIpc) is 2.31. The van der Waals surface area contributed by atoms with Gasteiger partial charge in [-0.15, -0.1) is 11.3 Å². The van der Waals surface area contributed by atoms with Crippen molar-refractivity contribution in [3.8, 4) is 0 Å². The minimum absolute atomic E-state index is 0.171. The van der Waals surface area contributed by atoms with Crippen molar-refractivity contribution >= 4 is 17.3 Å². The molecule has 0 aliphatic rings. The highest BCUT2D eigenvalue weighted by Gasteiger charge is 2.03. The molecule has 0 radical (unpaired) electrons. The molecule has 0 amide bonds. The highest BCUT2D eigenvalue weighted by atomic mass is 32.1. The van der Waals surface area contributed by atoms with E-state index < -0.39 is 5.97 Å². The molecule has 1 N–H and O–H groups in total. The van der Waals surface area contributed by atoms with E-state index in [1.54, 1.807) is 16.8 Å². The van der Waals surface area contributed by atoms with Crippen LogP contribution in [0, 0.1) is 6.92 Å². The van der Waals surface area contributed by atoms with Gasteiger partial charge in [0.25, 0.3) is 0 Å². The molecule has 0 unspecified atom stereocenters. The summed E-state index contributed by atoms with van der Waals surface area (Å²) in [6.45, 7) is 1.95. The molecule has 1 aromatic rings. The molecule has 11 heavy (non-hydrogen) atoms. The molecule has 0 spiro atoms. The van der Waals surface area contributed by atoms with Crippen LogP contribution in [-0.2, 0) is 11.2 Å². The fraction of sp³-hybridized carbons (Fsp3) is 0.429. The first-order chi connectivity index (χ1) is 5.20. The quantitative estimate of drug-likeness (QED) is 0.749. The van der Waals surface area contributed by atoms with Gasteiger partial charge in [-0.25, -0.2) is 4.98 Å². The predicted molar refractivity (Wildman–Crippen MR) is 42.8 cm³/mol. The van der Waals surface area contributed by atoms with Gasteiger partial charge in [0, 0.05) is 11.3 Å². The van der Waals surface area contributed by atoms with Crippen LogP contribution in [0.15, 0.2) is 5.51 Å².